The minimum absolute atomic E-state index is 0.889. The van der Waals surface area contributed by atoms with Gasteiger partial charge in [-0.2, -0.15) is 5.10 Å². The first-order valence-electron chi connectivity index (χ1n) is 19.2. The van der Waals surface area contributed by atoms with Crippen molar-refractivity contribution in [1.29, 1.82) is 0 Å². The van der Waals surface area contributed by atoms with Crippen LogP contribution in [0.5, 0.6) is 0 Å². The van der Waals surface area contributed by atoms with E-state index in [1.54, 1.807) is 7.11 Å². The quantitative estimate of drug-likeness (QED) is 0.237. The van der Waals surface area contributed by atoms with Crippen molar-refractivity contribution < 1.29 is 9.47 Å². The Hall–Kier alpha value is -2.07. The van der Waals surface area contributed by atoms with E-state index in [0.29, 0.717) is 0 Å². The smallest absolute Gasteiger partial charge is 0.0919 e. The molecule has 0 atom stereocenters. The zero-order chi connectivity index (χ0) is 38.9. The maximum absolute atomic E-state index is 5.14. The van der Waals surface area contributed by atoms with Gasteiger partial charge in [0.15, 0.2) is 0 Å². The molecule has 0 radical (unpaired) electrons. The minimum Gasteiger partial charge on any atom is -0.498 e. The number of hydrogen-bond acceptors (Lipinski definition) is 6. The summed E-state index contributed by atoms with van der Waals surface area (Å²) < 4.78 is 9.84. The Bertz CT molecular complexity index is 813. The fraction of sp³-hybridized carbons (Fsp3) is 0.791. The molecule has 0 aromatic rings. The van der Waals surface area contributed by atoms with E-state index in [1.807, 2.05) is 25.9 Å². The monoisotopic (exact) mass is 693 g/mol. The third-order valence-electron chi connectivity index (χ3n) is 7.06. The standard InChI is InChI=1S/C8H12.C6H16N2.C6H10O.C6H10.C5H10N2.C4H10O.2C4H10/c1-7-3-5-8(2)6-4-7;1-7(2)5-6-8(3)4;1-5-3-4-7-6(5)2;1-3-5-6-4-2;1-5-3-4-7(2)6-5;1-3-4-5-2;2*1-3-4-2/h3,5H,4,6H2,1-2H3;5-6H2,1-4H3;3-4H2,1-2H3;3,5H2,1-2H3;3-4H2,1-2H3;3-4H2,1-2H3;2*3-4H2,1-2H3. The van der Waals surface area contributed by atoms with Crippen LogP contribution in [0, 0.1) is 11.8 Å². The van der Waals surface area contributed by atoms with E-state index in [9.17, 15) is 0 Å². The van der Waals surface area contributed by atoms with Gasteiger partial charge in [-0.05, 0) is 101 Å². The highest BCUT2D eigenvalue weighted by Crippen LogP contribution is 2.16. The molecule has 0 saturated heterocycles. The summed E-state index contributed by atoms with van der Waals surface area (Å²) in [5, 5.41) is 6.11. The maximum atomic E-state index is 5.14. The predicted octanol–water partition coefficient (Wildman–Crippen LogP) is 11.6. The summed E-state index contributed by atoms with van der Waals surface area (Å²) >= 11 is 0. The number of hydrazone groups is 1. The van der Waals surface area contributed by atoms with Gasteiger partial charge >= 0.3 is 0 Å². The molecule has 0 amide bonds. The van der Waals surface area contributed by atoms with Gasteiger partial charge in [0.25, 0.3) is 0 Å². The van der Waals surface area contributed by atoms with Crippen LogP contribution in [0.1, 0.15) is 154 Å². The van der Waals surface area contributed by atoms with Crippen LogP contribution < -0.4 is 0 Å². The first kappa shape index (κ1) is 56.3. The zero-order valence-corrected chi connectivity index (χ0v) is 36.6. The Balaban J connectivity index is -0.000000152. The lowest BCUT2D eigenvalue weighted by molar-refractivity contribution is 0.199. The summed E-state index contributed by atoms with van der Waals surface area (Å²) in [6, 6.07) is 0. The predicted molar refractivity (Wildman–Crippen MR) is 225 cm³/mol. The van der Waals surface area contributed by atoms with Crippen LogP contribution in [-0.4, -0.2) is 95.7 Å². The number of likely N-dealkylation sites (N-methyl/N-ethyl adjacent to an activating group) is 2. The van der Waals surface area contributed by atoms with E-state index >= 15 is 0 Å². The van der Waals surface area contributed by atoms with Crippen LogP contribution in [0.3, 0.4) is 0 Å². The van der Waals surface area contributed by atoms with Gasteiger partial charge in [0.1, 0.15) is 0 Å². The summed E-state index contributed by atoms with van der Waals surface area (Å²) in [4.78, 5) is 4.36. The molecule has 0 N–H and O–H groups in total. The number of methoxy groups -OCH3 is 1. The first-order chi connectivity index (χ1) is 23.2. The Morgan fingerprint density at radius 3 is 1.33 bits per heavy atom. The van der Waals surface area contributed by atoms with Gasteiger partial charge in [0.2, 0.25) is 0 Å². The van der Waals surface area contributed by atoms with E-state index in [4.69, 9.17) is 9.47 Å². The van der Waals surface area contributed by atoms with Crippen LogP contribution in [0.25, 0.3) is 0 Å². The van der Waals surface area contributed by atoms with Crippen LogP contribution >= 0.6 is 0 Å². The highest BCUT2D eigenvalue weighted by molar-refractivity contribution is 5.82. The fourth-order valence-corrected chi connectivity index (χ4v) is 3.07. The average Bonchev–Trinajstić information content (AvgIpc) is 3.66. The van der Waals surface area contributed by atoms with E-state index in [0.717, 1.165) is 64.3 Å². The van der Waals surface area contributed by atoms with Crippen LogP contribution in [0.2, 0.25) is 0 Å². The zero-order valence-electron chi connectivity index (χ0n) is 36.6. The highest BCUT2D eigenvalue weighted by atomic mass is 16.5. The Kier molecular flexibility index (Phi) is 52.8. The van der Waals surface area contributed by atoms with E-state index < -0.39 is 0 Å². The van der Waals surface area contributed by atoms with Gasteiger partial charge in [-0.15, -0.1) is 11.8 Å². The maximum Gasteiger partial charge on any atom is 0.0919 e. The fourth-order valence-electron chi connectivity index (χ4n) is 3.07. The van der Waals surface area contributed by atoms with Gasteiger partial charge < -0.3 is 19.3 Å². The molecule has 0 aromatic carbocycles. The average molecular weight is 693 g/mol. The Morgan fingerprint density at radius 1 is 0.735 bits per heavy atom. The van der Waals surface area contributed by atoms with Crippen molar-refractivity contribution >= 4 is 5.71 Å². The first-order valence-corrected chi connectivity index (χ1v) is 19.2. The second-order valence-electron chi connectivity index (χ2n) is 13.2. The normalized spacial score (nSPS) is 13.7. The summed E-state index contributed by atoms with van der Waals surface area (Å²) in [6.07, 6.45) is 17.9. The lowest BCUT2D eigenvalue weighted by Crippen LogP contribution is -2.25. The second kappa shape index (κ2) is 45.9. The molecule has 1 aliphatic carbocycles. The van der Waals surface area contributed by atoms with Crippen molar-refractivity contribution in [3.05, 3.63) is 34.6 Å². The lowest BCUT2D eigenvalue weighted by Gasteiger charge is -2.13. The Labute approximate surface area is 309 Å². The van der Waals surface area contributed by atoms with Gasteiger partial charge in [-0.1, -0.05) is 90.5 Å². The number of ether oxygens (including phenoxy) is 2. The van der Waals surface area contributed by atoms with E-state index in [2.05, 4.69) is 136 Å². The summed E-state index contributed by atoms with van der Waals surface area (Å²) in [5.41, 5.74) is 5.67. The van der Waals surface area contributed by atoms with Gasteiger partial charge in [0.05, 0.1) is 12.4 Å². The molecule has 292 valence electrons. The molecule has 0 fully saturated rings. The second-order valence-corrected chi connectivity index (χ2v) is 13.2. The SMILES string of the molecule is CC#CCCC.CC1=C(C)OCC1.CC1=CC=C(C)CC1.CC1=NN(C)CC1.CCCC.CCCC.CCCOC.CN(C)CCN(C)C. The van der Waals surface area contributed by atoms with Crippen LogP contribution in [-0.2, 0) is 9.47 Å². The van der Waals surface area contributed by atoms with Crippen molar-refractivity contribution in [2.75, 3.05) is 75.2 Å². The van der Waals surface area contributed by atoms with E-state index in [1.165, 1.54) is 67.4 Å². The van der Waals surface area contributed by atoms with Crippen LogP contribution in [0.4, 0.5) is 0 Å². The van der Waals surface area contributed by atoms with Gasteiger partial charge in [0, 0.05) is 65.4 Å². The Morgan fingerprint density at radius 2 is 1.20 bits per heavy atom. The molecule has 0 saturated carbocycles. The molecule has 3 aliphatic rings. The molecule has 2 aliphatic heterocycles. The third-order valence-corrected chi connectivity index (χ3v) is 7.06. The third kappa shape index (κ3) is 58.5. The molecule has 2 heterocycles. The van der Waals surface area contributed by atoms with E-state index in [-0.39, 0.29) is 0 Å². The molecule has 6 heteroatoms. The molecule has 0 unspecified atom stereocenters. The molecular formula is C43H88N4O2. The van der Waals surface area contributed by atoms with Crippen molar-refractivity contribution in [2.45, 2.75) is 154 Å². The van der Waals surface area contributed by atoms with Crippen molar-refractivity contribution in [1.82, 2.24) is 14.8 Å². The van der Waals surface area contributed by atoms with Crippen molar-refractivity contribution in [3.8, 4) is 11.8 Å². The van der Waals surface area contributed by atoms with Crippen molar-refractivity contribution in [2.24, 2.45) is 5.10 Å². The largest absolute Gasteiger partial charge is 0.498 e. The summed E-state index contributed by atoms with van der Waals surface area (Å²) in [5.74, 6) is 6.89. The molecule has 49 heavy (non-hydrogen) atoms. The summed E-state index contributed by atoms with van der Waals surface area (Å²) in [6.45, 7) is 30.5. The lowest BCUT2D eigenvalue weighted by atomic mass is 10.0. The molecular weight excluding hydrogens is 604 g/mol. The number of rotatable bonds is 8. The molecule has 6 nitrogen and oxygen atoms in total. The number of unbranched alkanes of at least 4 members (excludes halogenated alkanes) is 3. The topological polar surface area (TPSA) is 40.5 Å². The highest BCUT2D eigenvalue weighted by Gasteiger charge is 2.05. The van der Waals surface area contributed by atoms with Crippen LogP contribution in [0.15, 0.2) is 39.7 Å². The number of hydrogen-bond donors (Lipinski definition) is 0. The minimum atomic E-state index is 0.889. The molecule has 3 rings (SSSR count). The molecule has 0 spiro atoms. The molecule has 0 aromatic heterocycles. The number of nitrogens with zero attached hydrogens (tertiary/aromatic N) is 4. The number of allylic oxidation sites excluding steroid dienone is 5. The van der Waals surface area contributed by atoms with Gasteiger partial charge in [-0.25, -0.2) is 0 Å². The summed E-state index contributed by atoms with van der Waals surface area (Å²) in [7, 11) is 12.1. The van der Waals surface area contributed by atoms with Gasteiger partial charge in [-0.3, -0.25) is 5.01 Å². The molecule has 0 bridgehead atoms. The van der Waals surface area contributed by atoms with Crippen molar-refractivity contribution in [3.63, 3.8) is 0 Å².